The first-order valence-electron chi connectivity index (χ1n) is 7.36. The maximum absolute atomic E-state index is 5.26. The first-order chi connectivity index (χ1) is 9.40. The molecule has 1 aliphatic rings. The van der Waals surface area contributed by atoms with Crippen LogP contribution in [0.2, 0.25) is 0 Å². The average molecular weight is 263 g/mol. The Bertz CT molecular complexity index is 362. The van der Waals surface area contributed by atoms with E-state index in [1.54, 1.807) is 13.3 Å². The van der Waals surface area contributed by atoms with Crippen molar-refractivity contribution in [3.63, 3.8) is 0 Å². The van der Waals surface area contributed by atoms with E-state index in [-0.39, 0.29) is 0 Å². The molecule has 1 aromatic rings. The first-order valence-corrected chi connectivity index (χ1v) is 7.36. The zero-order valence-electron chi connectivity index (χ0n) is 11.8. The molecule has 1 saturated carbocycles. The van der Waals surface area contributed by atoms with E-state index in [4.69, 9.17) is 4.74 Å². The molecule has 1 fully saturated rings. The van der Waals surface area contributed by atoms with Gasteiger partial charge in [0.1, 0.15) is 0 Å². The van der Waals surface area contributed by atoms with Gasteiger partial charge in [-0.3, -0.25) is 0 Å². The standard InChI is InChI=1S/C15H25N3O/c1-19-14-9-6-10-17-15(14)18-12-11-16-13-7-4-2-3-5-8-13/h6,9-10,13,16H,2-5,7-8,11-12H2,1H3,(H,17,18). The summed E-state index contributed by atoms with van der Waals surface area (Å²) in [6.45, 7) is 1.86. The summed E-state index contributed by atoms with van der Waals surface area (Å²) in [5.41, 5.74) is 0. The minimum Gasteiger partial charge on any atom is -0.493 e. The van der Waals surface area contributed by atoms with Crippen LogP contribution in [0.5, 0.6) is 5.75 Å². The summed E-state index contributed by atoms with van der Waals surface area (Å²) >= 11 is 0. The van der Waals surface area contributed by atoms with Gasteiger partial charge in [-0.15, -0.1) is 0 Å². The number of nitrogens with one attached hydrogen (secondary N) is 2. The molecule has 0 spiro atoms. The zero-order valence-corrected chi connectivity index (χ0v) is 11.8. The van der Waals surface area contributed by atoms with E-state index in [0.29, 0.717) is 6.04 Å². The molecule has 19 heavy (non-hydrogen) atoms. The molecule has 4 nitrogen and oxygen atoms in total. The second kappa shape index (κ2) is 8.00. The number of pyridine rings is 1. The third kappa shape index (κ3) is 4.71. The van der Waals surface area contributed by atoms with Gasteiger partial charge in [0.25, 0.3) is 0 Å². The molecule has 106 valence electrons. The van der Waals surface area contributed by atoms with Gasteiger partial charge >= 0.3 is 0 Å². The zero-order chi connectivity index (χ0) is 13.3. The minimum absolute atomic E-state index is 0.704. The highest BCUT2D eigenvalue weighted by molar-refractivity contribution is 5.49. The Labute approximate surface area is 116 Å². The molecule has 1 heterocycles. The van der Waals surface area contributed by atoms with Gasteiger partial charge in [-0.05, 0) is 25.0 Å². The van der Waals surface area contributed by atoms with Crippen molar-refractivity contribution in [3.8, 4) is 5.75 Å². The summed E-state index contributed by atoms with van der Waals surface area (Å²) in [6, 6.07) is 4.51. The van der Waals surface area contributed by atoms with E-state index < -0.39 is 0 Å². The Morgan fingerprint density at radius 2 is 2.00 bits per heavy atom. The lowest BCUT2D eigenvalue weighted by Crippen LogP contribution is -2.32. The summed E-state index contributed by atoms with van der Waals surface area (Å²) < 4.78 is 5.26. The molecule has 2 N–H and O–H groups in total. The van der Waals surface area contributed by atoms with Gasteiger partial charge in [-0.1, -0.05) is 25.7 Å². The van der Waals surface area contributed by atoms with Gasteiger partial charge in [-0.25, -0.2) is 4.98 Å². The predicted octanol–water partition coefficient (Wildman–Crippen LogP) is 2.81. The fourth-order valence-corrected chi connectivity index (χ4v) is 2.63. The van der Waals surface area contributed by atoms with Crippen LogP contribution in [0.4, 0.5) is 5.82 Å². The number of aromatic nitrogens is 1. The quantitative estimate of drug-likeness (QED) is 0.612. The monoisotopic (exact) mass is 263 g/mol. The molecule has 0 aliphatic heterocycles. The third-order valence-corrected chi connectivity index (χ3v) is 3.70. The number of hydrogen-bond donors (Lipinski definition) is 2. The summed E-state index contributed by atoms with van der Waals surface area (Å²) in [6.07, 6.45) is 9.99. The maximum Gasteiger partial charge on any atom is 0.168 e. The molecule has 0 radical (unpaired) electrons. The van der Waals surface area contributed by atoms with Gasteiger partial charge in [0.05, 0.1) is 7.11 Å². The minimum atomic E-state index is 0.704. The predicted molar refractivity (Wildman–Crippen MR) is 78.8 cm³/mol. The normalized spacial score (nSPS) is 16.9. The highest BCUT2D eigenvalue weighted by Crippen LogP contribution is 2.19. The maximum atomic E-state index is 5.26. The highest BCUT2D eigenvalue weighted by Gasteiger charge is 2.10. The van der Waals surface area contributed by atoms with Crippen LogP contribution in [-0.4, -0.2) is 31.2 Å². The summed E-state index contributed by atoms with van der Waals surface area (Å²) in [5, 5.41) is 6.96. The van der Waals surface area contributed by atoms with Crippen molar-refractivity contribution in [1.29, 1.82) is 0 Å². The van der Waals surface area contributed by atoms with Crippen LogP contribution in [0, 0.1) is 0 Å². The van der Waals surface area contributed by atoms with Crippen molar-refractivity contribution in [2.75, 3.05) is 25.5 Å². The van der Waals surface area contributed by atoms with Crippen molar-refractivity contribution in [2.24, 2.45) is 0 Å². The molecule has 0 unspecified atom stereocenters. The lowest BCUT2D eigenvalue weighted by atomic mass is 10.1. The van der Waals surface area contributed by atoms with Gasteiger partial charge < -0.3 is 15.4 Å². The molecule has 2 rings (SSSR count). The summed E-state index contributed by atoms with van der Waals surface area (Å²) in [5.74, 6) is 1.63. The summed E-state index contributed by atoms with van der Waals surface area (Å²) in [4.78, 5) is 4.28. The van der Waals surface area contributed by atoms with Crippen LogP contribution in [0.3, 0.4) is 0 Å². The lowest BCUT2D eigenvalue weighted by Gasteiger charge is -2.16. The van der Waals surface area contributed by atoms with Gasteiger partial charge in [0.2, 0.25) is 0 Å². The number of anilines is 1. The van der Waals surface area contributed by atoms with Gasteiger partial charge in [0.15, 0.2) is 11.6 Å². The molecule has 0 aromatic carbocycles. The SMILES string of the molecule is COc1cccnc1NCCNC1CCCCCC1. The van der Waals surface area contributed by atoms with E-state index in [1.165, 1.54) is 38.5 Å². The molecule has 1 aliphatic carbocycles. The van der Waals surface area contributed by atoms with Crippen LogP contribution < -0.4 is 15.4 Å². The number of ether oxygens (including phenoxy) is 1. The first kappa shape index (κ1) is 14.1. The van der Waals surface area contributed by atoms with E-state index in [9.17, 15) is 0 Å². The Hall–Kier alpha value is -1.29. The fourth-order valence-electron chi connectivity index (χ4n) is 2.63. The molecular weight excluding hydrogens is 238 g/mol. The number of nitrogens with zero attached hydrogens (tertiary/aromatic N) is 1. The molecule has 0 atom stereocenters. The van der Waals surface area contributed by atoms with Crippen molar-refractivity contribution in [2.45, 2.75) is 44.6 Å². The Balaban J connectivity index is 1.68. The molecule has 0 bridgehead atoms. The second-order valence-corrected chi connectivity index (χ2v) is 5.12. The van der Waals surface area contributed by atoms with E-state index in [0.717, 1.165) is 24.7 Å². The van der Waals surface area contributed by atoms with Crippen molar-refractivity contribution >= 4 is 5.82 Å². The second-order valence-electron chi connectivity index (χ2n) is 5.12. The average Bonchev–Trinajstić information content (AvgIpc) is 2.72. The van der Waals surface area contributed by atoms with Gasteiger partial charge in [0, 0.05) is 25.3 Å². The Morgan fingerprint density at radius 1 is 1.21 bits per heavy atom. The molecule has 0 saturated heterocycles. The molecule has 4 heteroatoms. The summed E-state index contributed by atoms with van der Waals surface area (Å²) in [7, 11) is 1.67. The van der Waals surface area contributed by atoms with Crippen molar-refractivity contribution < 1.29 is 4.74 Å². The molecule has 0 amide bonds. The molecule has 1 aromatic heterocycles. The van der Waals surface area contributed by atoms with Crippen LogP contribution >= 0.6 is 0 Å². The highest BCUT2D eigenvalue weighted by atomic mass is 16.5. The van der Waals surface area contributed by atoms with Crippen LogP contribution in [-0.2, 0) is 0 Å². The lowest BCUT2D eigenvalue weighted by molar-refractivity contribution is 0.414. The third-order valence-electron chi connectivity index (χ3n) is 3.70. The smallest absolute Gasteiger partial charge is 0.168 e. The Morgan fingerprint density at radius 3 is 2.74 bits per heavy atom. The van der Waals surface area contributed by atoms with Crippen LogP contribution in [0.25, 0.3) is 0 Å². The number of hydrogen-bond acceptors (Lipinski definition) is 4. The van der Waals surface area contributed by atoms with Crippen molar-refractivity contribution in [3.05, 3.63) is 18.3 Å². The fraction of sp³-hybridized carbons (Fsp3) is 0.667. The van der Waals surface area contributed by atoms with Crippen molar-refractivity contribution in [1.82, 2.24) is 10.3 Å². The number of methoxy groups -OCH3 is 1. The number of rotatable bonds is 6. The van der Waals surface area contributed by atoms with Crippen LogP contribution in [0.1, 0.15) is 38.5 Å². The van der Waals surface area contributed by atoms with E-state index in [1.807, 2.05) is 12.1 Å². The molecular formula is C15H25N3O. The van der Waals surface area contributed by atoms with E-state index in [2.05, 4.69) is 15.6 Å². The van der Waals surface area contributed by atoms with Gasteiger partial charge in [-0.2, -0.15) is 0 Å². The topological polar surface area (TPSA) is 46.2 Å². The van der Waals surface area contributed by atoms with E-state index >= 15 is 0 Å². The largest absolute Gasteiger partial charge is 0.493 e. The Kier molecular flexibility index (Phi) is 5.95. The van der Waals surface area contributed by atoms with Crippen LogP contribution in [0.15, 0.2) is 18.3 Å².